The summed E-state index contributed by atoms with van der Waals surface area (Å²) >= 11 is 0. The number of hydrogen-bond acceptors (Lipinski definition) is 5. The largest absolute Gasteiger partial charge is 0.354 e. The first kappa shape index (κ1) is 20.5. The molecule has 0 saturated heterocycles. The van der Waals surface area contributed by atoms with Crippen LogP contribution in [0.3, 0.4) is 0 Å². The number of pyridine rings is 1. The van der Waals surface area contributed by atoms with Crippen molar-refractivity contribution < 1.29 is 9.59 Å². The molecule has 1 heterocycles. The van der Waals surface area contributed by atoms with E-state index in [-0.39, 0.29) is 17.9 Å². The van der Waals surface area contributed by atoms with Crippen molar-refractivity contribution in [3.05, 3.63) is 59.9 Å². The van der Waals surface area contributed by atoms with Crippen LogP contribution in [0.5, 0.6) is 0 Å². The highest BCUT2D eigenvalue weighted by Crippen LogP contribution is 2.13. The highest BCUT2D eigenvalue weighted by Gasteiger charge is 2.11. The Balaban J connectivity index is 1.81. The van der Waals surface area contributed by atoms with Gasteiger partial charge in [0.25, 0.3) is 5.91 Å². The van der Waals surface area contributed by atoms with Crippen molar-refractivity contribution >= 4 is 17.5 Å². The average Bonchev–Trinajstić information content (AvgIpc) is 2.66. The van der Waals surface area contributed by atoms with E-state index in [1.165, 1.54) is 0 Å². The summed E-state index contributed by atoms with van der Waals surface area (Å²) in [6.07, 6.45) is 4.54. The monoisotopic (exact) mass is 369 g/mol. The van der Waals surface area contributed by atoms with Gasteiger partial charge < -0.3 is 21.3 Å². The van der Waals surface area contributed by atoms with E-state index >= 15 is 0 Å². The van der Waals surface area contributed by atoms with Crippen LogP contribution in [-0.2, 0) is 4.79 Å². The maximum Gasteiger partial charge on any atom is 0.255 e. The first-order valence-corrected chi connectivity index (χ1v) is 8.94. The molecular weight excluding hydrogens is 342 g/mol. The molecule has 0 aliphatic heterocycles. The lowest BCUT2D eigenvalue weighted by Crippen LogP contribution is -2.32. The van der Waals surface area contributed by atoms with Gasteiger partial charge in [-0.15, -0.1) is 0 Å². The van der Waals surface area contributed by atoms with E-state index in [1.54, 1.807) is 36.7 Å². The van der Waals surface area contributed by atoms with E-state index in [0.717, 1.165) is 18.5 Å². The average molecular weight is 369 g/mol. The van der Waals surface area contributed by atoms with Crippen molar-refractivity contribution in [2.45, 2.75) is 18.9 Å². The van der Waals surface area contributed by atoms with E-state index in [4.69, 9.17) is 5.73 Å². The molecule has 0 aliphatic carbocycles. The van der Waals surface area contributed by atoms with Gasteiger partial charge in [0.2, 0.25) is 5.91 Å². The van der Waals surface area contributed by atoms with Gasteiger partial charge in [-0.3, -0.25) is 14.6 Å². The van der Waals surface area contributed by atoms with Crippen molar-refractivity contribution in [3.63, 3.8) is 0 Å². The smallest absolute Gasteiger partial charge is 0.255 e. The van der Waals surface area contributed by atoms with E-state index in [9.17, 15) is 9.59 Å². The van der Waals surface area contributed by atoms with Gasteiger partial charge in [0, 0.05) is 42.7 Å². The minimum Gasteiger partial charge on any atom is -0.354 e. The maximum atomic E-state index is 12.2. The normalized spacial score (nSPS) is 11.9. The summed E-state index contributed by atoms with van der Waals surface area (Å²) in [5, 5.41) is 5.66. The lowest BCUT2D eigenvalue weighted by molar-refractivity contribution is -0.121. The summed E-state index contributed by atoms with van der Waals surface area (Å²) in [6, 6.07) is 10.2. The summed E-state index contributed by atoms with van der Waals surface area (Å²) in [4.78, 5) is 30.0. The highest BCUT2D eigenvalue weighted by atomic mass is 16.2. The van der Waals surface area contributed by atoms with Gasteiger partial charge in [-0.05, 0) is 56.9 Å². The first-order valence-electron chi connectivity index (χ1n) is 8.94. The zero-order chi connectivity index (χ0) is 19.6. The molecular formula is C20H27N5O2. The topological polar surface area (TPSA) is 100 Å². The van der Waals surface area contributed by atoms with Crippen LogP contribution in [0, 0.1) is 0 Å². The third-order valence-electron chi connectivity index (χ3n) is 4.07. The molecule has 144 valence electrons. The summed E-state index contributed by atoms with van der Waals surface area (Å²) in [5.41, 5.74) is 8.23. The second-order valence-electron chi connectivity index (χ2n) is 6.63. The molecule has 0 saturated carbocycles. The number of hydrogen-bond donors (Lipinski definition) is 3. The second kappa shape index (κ2) is 10.4. The fraction of sp³-hybridized carbons (Fsp3) is 0.350. The Morgan fingerprint density at radius 3 is 2.41 bits per heavy atom. The van der Waals surface area contributed by atoms with Crippen LogP contribution >= 0.6 is 0 Å². The van der Waals surface area contributed by atoms with Crippen LogP contribution in [0.4, 0.5) is 5.69 Å². The Hall–Kier alpha value is -2.77. The zero-order valence-electron chi connectivity index (χ0n) is 15.8. The van der Waals surface area contributed by atoms with Crippen molar-refractivity contribution in [3.8, 4) is 0 Å². The van der Waals surface area contributed by atoms with E-state index in [2.05, 4.69) is 15.6 Å². The third-order valence-corrected chi connectivity index (χ3v) is 4.07. The molecule has 0 aliphatic rings. The number of nitrogens with two attached hydrogens (primary N) is 1. The van der Waals surface area contributed by atoms with E-state index < -0.39 is 0 Å². The highest BCUT2D eigenvalue weighted by molar-refractivity contribution is 6.04. The number of nitrogens with zero attached hydrogens (tertiary/aromatic N) is 2. The molecule has 0 spiro atoms. The fourth-order valence-corrected chi connectivity index (χ4v) is 2.51. The Morgan fingerprint density at radius 2 is 1.78 bits per heavy atom. The number of aromatic nitrogens is 1. The number of benzene rings is 1. The number of anilines is 1. The molecule has 27 heavy (non-hydrogen) atoms. The number of rotatable bonds is 9. The molecule has 4 N–H and O–H groups in total. The molecule has 2 amide bonds. The van der Waals surface area contributed by atoms with Gasteiger partial charge in [-0.25, -0.2) is 0 Å². The molecule has 2 rings (SSSR count). The number of nitrogens with one attached hydrogen (secondary N) is 2. The molecule has 2 aromatic rings. The Kier molecular flexibility index (Phi) is 7.91. The molecule has 1 atom stereocenters. The predicted octanol–water partition coefficient (Wildman–Crippen LogP) is 1.79. The standard InChI is InChI=1S/C20H27N5O2/c1-25(2)13-3-4-19(26)23-14-18(21)15-5-7-16(8-6-15)20(27)24-17-9-11-22-12-10-17/h5-12,18H,3-4,13-14,21H2,1-2H3,(H,23,26)(H,22,24,27). The molecule has 0 bridgehead atoms. The van der Waals surface area contributed by atoms with Crippen LogP contribution in [0.2, 0.25) is 0 Å². The van der Waals surface area contributed by atoms with Crippen molar-refractivity contribution in [1.29, 1.82) is 0 Å². The summed E-state index contributed by atoms with van der Waals surface area (Å²) in [7, 11) is 3.96. The molecule has 7 nitrogen and oxygen atoms in total. The molecule has 1 aromatic carbocycles. The SMILES string of the molecule is CN(C)CCCC(=O)NCC(N)c1ccc(C(=O)Nc2ccncc2)cc1. The van der Waals surface area contributed by atoms with Gasteiger partial charge in [-0.1, -0.05) is 12.1 Å². The van der Waals surface area contributed by atoms with Gasteiger partial charge in [0.15, 0.2) is 0 Å². The minimum atomic E-state index is -0.319. The van der Waals surface area contributed by atoms with Crippen LogP contribution < -0.4 is 16.4 Å². The molecule has 7 heteroatoms. The molecule has 0 fully saturated rings. The minimum absolute atomic E-state index is 0.000601. The Morgan fingerprint density at radius 1 is 1.11 bits per heavy atom. The van der Waals surface area contributed by atoms with Crippen LogP contribution in [0.15, 0.2) is 48.8 Å². The first-order chi connectivity index (χ1) is 13.0. The predicted molar refractivity (Wildman–Crippen MR) is 106 cm³/mol. The van der Waals surface area contributed by atoms with Crippen molar-refractivity contribution in [1.82, 2.24) is 15.2 Å². The number of amides is 2. The van der Waals surface area contributed by atoms with Gasteiger partial charge in [0.1, 0.15) is 0 Å². The number of carbonyl (C=O) groups is 2. The van der Waals surface area contributed by atoms with Crippen molar-refractivity contribution in [2.24, 2.45) is 5.73 Å². The summed E-state index contributed by atoms with van der Waals surface area (Å²) in [5.74, 6) is -0.198. The molecule has 1 aromatic heterocycles. The molecule has 0 radical (unpaired) electrons. The quantitative estimate of drug-likeness (QED) is 0.626. The summed E-state index contributed by atoms with van der Waals surface area (Å²) in [6.45, 7) is 1.24. The maximum absolute atomic E-state index is 12.2. The Bertz CT molecular complexity index is 732. The van der Waals surface area contributed by atoms with Crippen LogP contribution in [0.25, 0.3) is 0 Å². The lowest BCUT2D eigenvalue weighted by Gasteiger charge is -2.14. The van der Waals surface area contributed by atoms with Crippen LogP contribution in [0.1, 0.15) is 34.8 Å². The van der Waals surface area contributed by atoms with Gasteiger partial charge in [0.05, 0.1) is 0 Å². The summed E-state index contributed by atoms with van der Waals surface area (Å²) < 4.78 is 0. The van der Waals surface area contributed by atoms with Crippen molar-refractivity contribution in [2.75, 3.05) is 32.5 Å². The van der Waals surface area contributed by atoms with Gasteiger partial charge in [-0.2, -0.15) is 0 Å². The fourth-order valence-electron chi connectivity index (χ4n) is 2.51. The zero-order valence-corrected chi connectivity index (χ0v) is 15.8. The second-order valence-corrected chi connectivity index (χ2v) is 6.63. The third kappa shape index (κ3) is 7.16. The van der Waals surface area contributed by atoms with Gasteiger partial charge >= 0.3 is 0 Å². The molecule has 1 unspecified atom stereocenters. The number of carbonyl (C=O) groups excluding carboxylic acids is 2. The van der Waals surface area contributed by atoms with E-state index in [1.807, 2.05) is 31.1 Å². The Labute approximate surface area is 160 Å². The lowest BCUT2D eigenvalue weighted by atomic mass is 10.0. The van der Waals surface area contributed by atoms with Crippen LogP contribution in [-0.4, -0.2) is 48.9 Å². The van der Waals surface area contributed by atoms with E-state index in [0.29, 0.717) is 24.2 Å².